The number of hydrogen-bond acceptors (Lipinski definition) is 3. The molecule has 17 heavy (non-hydrogen) atoms. The highest BCUT2D eigenvalue weighted by Gasteiger charge is 2.34. The van der Waals surface area contributed by atoms with E-state index in [0.717, 1.165) is 6.54 Å². The van der Waals surface area contributed by atoms with Gasteiger partial charge in [-0.3, -0.25) is 4.79 Å². The first-order chi connectivity index (χ1) is 8.13. The molecule has 3 nitrogen and oxygen atoms in total. The highest BCUT2D eigenvalue weighted by molar-refractivity contribution is 5.74. The molecule has 0 spiro atoms. The van der Waals surface area contributed by atoms with Crippen LogP contribution in [-0.2, 0) is 9.53 Å². The van der Waals surface area contributed by atoms with Gasteiger partial charge in [0.2, 0.25) is 0 Å². The number of ether oxygens (including phenoxy) is 1. The van der Waals surface area contributed by atoms with Gasteiger partial charge < -0.3 is 10.1 Å². The number of methoxy groups -OCH3 is 1. The lowest BCUT2D eigenvalue weighted by Gasteiger charge is -2.17. The van der Waals surface area contributed by atoms with Gasteiger partial charge in [-0.1, -0.05) is 18.2 Å². The van der Waals surface area contributed by atoms with Crippen LogP contribution in [0.25, 0.3) is 0 Å². The fraction of sp³-hybridized carbons (Fsp3) is 0.500. The molecule has 1 aromatic carbocycles. The summed E-state index contributed by atoms with van der Waals surface area (Å²) in [5, 5.41) is 3.27. The van der Waals surface area contributed by atoms with Gasteiger partial charge in [0.25, 0.3) is 0 Å². The number of rotatable bonds is 2. The number of esters is 1. The van der Waals surface area contributed by atoms with Crippen LogP contribution in [0.5, 0.6) is 0 Å². The number of nitrogens with one attached hydrogen (secondary N) is 1. The molecule has 0 amide bonds. The highest BCUT2D eigenvalue weighted by Crippen LogP contribution is 2.30. The first-order valence-electron chi connectivity index (χ1n) is 5.99. The maximum Gasteiger partial charge on any atom is 0.310 e. The van der Waals surface area contributed by atoms with E-state index in [0.29, 0.717) is 6.54 Å². The van der Waals surface area contributed by atoms with E-state index in [1.54, 1.807) is 0 Å². The number of carbonyl (C=O) groups is 1. The van der Waals surface area contributed by atoms with Crippen molar-refractivity contribution in [2.45, 2.75) is 19.8 Å². The molecule has 2 atom stereocenters. The Bertz CT molecular complexity index is 428. The predicted molar refractivity (Wildman–Crippen MR) is 67.0 cm³/mol. The van der Waals surface area contributed by atoms with E-state index in [-0.39, 0.29) is 17.8 Å². The number of carbonyl (C=O) groups excluding carboxylic acids is 1. The quantitative estimate of drug-likeness (QED) is 0.791. The average molecular weight is 233 g/mol. The van der Waals surface area contributed by atoms with Gasteiger partial charge in [0, 0.05) is 19.0 Å². The molecule has 0 radical (unpaired) electrons. The standard InChI is InChI=1S/C14H19NO2/c1-9-4-5-11(6-10(9)2)12-7-15-8-13(12)14(16)17-3/h4-6,12-13,15H,7-8H2,1-3H3/t12-,13+/m0/s1. The van der Waals surface area contributed by atoms with Gasteiger partial charge in [-0.05, 0) is 30.5 Å². The Kier molecular flexibility index (Phi) is 3.48. The molecule has 1 saturated heterocycles. The van der Waals surface area contributed by atoms with Crippen LogP contribution in [0.2, 0.25) is 0 Å². The van der Waals surface area contributed by atoms with Gasteiger partial charge in [-0.2, -0.15) is 0 Å². The lowest BCUT2D eigenvalue weighted by molar-refractivity contribution is -0.145. The second kappa shape index (κ2) is 4.88. The van der Waals surface area contributed by atoms with Crippen LogP contribution in [0.3, 0.4) is 0 Å². The molecule has 1 aliphatic rings. The topological polar surface area (TPSA) is 38.3 Å². The van der Waals surface area contributed by atoms with E-state index in [2.05, 4.69) is 37.4 Å². The summed E-state index contributed by atoms with van der Waals surface area (Å²) >= 11 is 0. The van der Waals surface area contributed by atoms with Crippen molar-refractivity contribution in [2.24, 2.45) is 5.92 Å². The molecule has 1 N–H and O–H groups in total. The van der Waals surface area contributed by atoms with Crippen molar-refractivity contribution in [2.75, 3.05) is 20.2 Å². The van der Waals surface area contributed by atoms with E-state index in [4.69, 9.17) is 4.74 Å². The maximum atomic E-state index is 11.7. The molecule has 1 fully saturated rings. The van der Waals surface area contributed by atoms with Gasteiger partial charge in [-0.15, -0.1) is 0 Å². The summed E-state index contributed by atoms with van der Waals surface area (Å²) in [6.07, 6.45) is 0. The van der Waals surface area contributed by atoms with Gasteiger partial charge >= 0.3 is 5.97 Å². The predicted octanol–water partition coefficient (Wildman–Crippen LogP) is 1.78. The van der Waals surface area contributed by atoms with E-state index in [1.807, 2.05) is 0 Å². The molecule has 1 heterocycles. The lowest BCUT2D eigenvalue weighted by atomic mass is 9.87. The zero-order valence-electron chi connectivity index (χ0n) is 10.6. The van der Waals surface area contributed by atoms with Crippen molar-refractivity contribution in [3.63, 3.8) is 0 Å². The van der Waals surface area contributed by atoms with E-state index < -0.39 is 0 Å². The molecule has 0 aliphatic carbocycles. The third-order valence-electron chi connectivity index (χ3n) is 3.68. The van der Waals surface area contributed by atoms with E-state index >= 15 is 0 Å². The molecule has 0 unspecified atom stereocenters. The first-order valence-corrected chi connectivity index (χ1v) is 5.99. The molecule has 2 rings (SSSR count). The summed E-state index contributed by atoms with van der Waals surface area (Å²) < 4.78 is 4.86. The summed E-state index contributed by atoms with van der Waals surface area (Å²) in [4.78, 5) is 11.7. The minimum atomic E-state index is -0.113. The fourth-order valence-corrected chi connectivity index (χ4v) is 2.42. The smallest absolute Gasteiger partial charge is 0.310 e. The van der Waals surface area contributed by atoms with Crippen molar-refractivity contribution < 1.29 is 9.53 Å². The molecular formula is C14H19NO2. The minimum absolute atomic E-state index is 0.0536. The zero-order chi connectivity index (χ0) is 12.4. The molecule has 1 aromatic rings. The molecular weight excluding hydrogens is 214 g/mol. The Morgan fingerprint density at radius 2 is 2.06 bits per heavy atom. The van der Waals surface area contributed by atoms with Crippen molar-refractivity contribution >= 4 is 5.97 Å². The Labute approximate surface area is 102 Å². The monoisotopic (exact) mass is 233 g/mol. The zero-order valence-corrected chi connectivity index (χ0v) is 10.6. The molecule has 3 heteroatoms. The van der Waals surface area contributed by atoms with Crippen molar-refractivity contribution in [3.8, 4) is 0 Å². The van der Waals surface area contributed by atoms with Crippen molar-refractivity contribution in [1.82, 2.24) is 5.32 Å². The fourth-order valence-electron chi connectivity index (χ4n) is 2.42. The van der Waals surface area contributed by atoms with Crippen LogP contribution in [0.1, 0.15) is 22.6 Å². The van der Waals surface area contributed by atoms with Crippen LogP contribution in [0.4, 0.5) is 0 Å². The van der Waals surface area contributed by atoms with Crippen LogP contribution >= 0.6 is 0 Å². The average Bonchev–Trinajstić information content (AvgIpc) is 2.80. The minimum Gasteiger partial charge on any atom is -0.469 e. The maximum absolute atomic E-state index is 11.7. The number of benzene rings is 1. The Hall–Kier alpha value is -1.35. The van der Waals surface area contributed by atoms with Gasteiger partial charge in [0.15, 0.2) is 0 Å². The van der Waals surface area contributed by atoms with Gasteiger partial charge in [-0.25, -0.2) is 0 Å². The Morgan fingerprint density at radius 3 is 2.71 bits per heavy atom. The molecule has 1 aliphatic heterocycles. The van der Waals surface area contributed by atoms with E-state index in [9.17, 15) is 4.79 Å². The largest absolute Gasteiger partial charge is 0.469 e. The summed E-state index contributed by atoms with van der Waals surface area (Å²) in [6, 6.07) is 6.43. The molecule has 0 aromatic heterocycles. The number of hydrogen-bond donors (Lipinski definition) is 1. The highest BCUT2D eigenvalue weighted by atomic mass is 16.5. The van der Waals surface area contributed by atoms with Crippen LogP contribution in [0.15, 0.2) is 18.2 Å². The summed E-state index contributed by atoms with van der Waals surface area (Å²) in [6.45, 7) is 5.77. The Balaban J connectivity index is 2.26. The van der Waals surface area contributed by atoms with Crippen LogP contribution in [-0.4, -0.2) is 26.2 Å². The molecule has 92 valence electrons. The van der Waals surface area contributed by atoms with Crippen molar-refractivity contribution in [3.05, 3.63) is 34.9 Å². The first kappa shape index (κ1) is 12.1. The normalized spacial score (nSPS) is 23.7. The Morgan fingerprint density at radius 1 is 1.29 bits per heavy atom. The SMILES string of the molecule is COC(=O)[C@@H]1CNC[C@H]1c1ccc(C)c(C)c1. The number of aryl methyl sites for hydroxylation is 2. The second-order valence-corrected chi connectivity index (χ2v) is 4.74. The summed E-state index contributed by atoms with van der Waals surface area (Å²) in [7, 11) is 1.46. The lowest BCUT2D eigenvalue weighted by Crippen LogP contribution is -2.23. The second-order valence-electron chi connectivity index (χ2n) is 4.74. The third kappa shape index (κ3) is 2.34. The summed E-state index contributed by atoms with van der Waals surface area (Å²) in [5.74, 6) is 0.0714. The third-order valence-corrected chi connectivity index (χ3v) is 3.68. The van der Waals surface area contributed by atoms with Crippen LogP contribution in [0, 0.1) is 19.8 Å². The van der Waals surface area contributed by atoms with Crippen LogP contribution < -0.4 is 5.32 Å². The molecule has 0 saturated carbocycles. The van der Waals surface area contributed by atoms with Crippen molar-refractivity contribution in [1.29, 1.82) is 0 Å². The molecule has 0 bridgehead atoms. The summed E-state index contributed by atoms with van der Waals surface area (Å²) in [5.41, 5.74) is 3.79. The van der Waals surface area contributed by atoms with Gasteiger partial charge in [0.1, 0.15) is 0 Å². The van der Waals surface area contributed by atoms with E-state index in [1.165, 1.54) is 23.8 Å². The van der Waals surface area contributed by atoms with Gasteiger partial charge in [0.05, 0.1) is 13.0 Å².